The predicted molar refractivity (Wildman–Crippen MR) is 109 cm³/mol. The lowest BCUT2D eigenvalue weighted by atomic mass is 9.83. The number of rotatable bonds is 3. The molecule has 7 heteroatoms. The van der Waals surface area contributed by atoms with E-state index in [1.807, 2.05) is 36.4 Å². The molecule has 0 aromatic heterocycles. The zero-order valence-electron chi connectivity index (χ0n) is 15.8. The number of piperidine rings is 1. The lowest BCUT2D eigenvalue weighted by Crippen LogP contribution is -2.57. The summed E-state index contributed by atoms with van der Waals surface area (Å²) >= 11 is 1.51. The third kappa shape index (κ3) is 3.82. The van der Waals surface area contributed by atoms with E-state index < -0.39 is 0 Å². The maximum atomic E-state index is 13.7. The number of benzene rings is 2. The third-order valence-corrected chi connectivity index (χ3v) is 6.55. The number of halogens is 1. The molecule has 2 saturated heterocycles. The summed E-state index contributed by atoms with van der Waals surface area (Å²) in [7, 11) is 0. The minimum absolute atomic E-state index is 0.0357. The first kappa shape index (κ1) is 19.1. The van der Waals surface area contributed by atoms with E-state index in [2.05, 4.69) is 16.0 Å². The summed E-state index contributed by atoms with van der Waals surface area (Å²) in [5.74, 6) is -0.241. The van der Waals surface area contributed by atoms with Crippen LogP contribution >= 0.6 is 12.1 Å². The van der Waals surface area contributed by atoms with E-state index in [-0.39, 0.29) is 30.1 Å². The van der Waals surface area contributed by atoms with Crippen molar-refractivity contribution >= 4 is 23.9 Å². The van der Waals surface area contributed by atoms with Gasteiger partial charge in [0.15, 0.2) is 0 Å². The molecule has 1 amide bonds. The fourth-order valence-electron chi connectivity index (χ4n) is 4.06. The number of anilines is 1. The topological polar surface area (TPSA) is 44.8 Å². The number of likely N-dealkylation sites (tertiary alicyclic amines) is 1. The van der Waals surface area contributed by atoms with E-state index in [4.69, 9.17) is 4.74 Å². The molecule has 0 saturated carbocycles. The molecule has 0 aliphatic carbocycles. The molecule has 2 heterocycles. The fraction of sp³-hybridized carbons (Fsp3) is 0.381. The Kier molecular flexibility index (Phi) is 5.46. The van der Waals surface area contributed by atoms with Gasteiger partial charge in [-0.15, -0.1) is 0 Å². The van der Waals surface area contributed by atoms with Crippen LogP contribution in [0, 0.1) is 5.82 Å². The lowest BCUT2D eigenvalue weighted by Gasteiger charge is -2.46. The molecule has 2 aromatic carbocycles. The minimum Gasteiger partial charge on any atom is -0.445 e. The van der Waals surface area contributed by atoms with Crippen molar-refractivity contribution in [3.63, 3.8) is 0 Å². The van der Waals surface area contributed by atoms with Crippen LogP contribution in [0.4, 0.5) is 14.9 Å². The smallest absolute Gasteiger partial charge is 0.410 e. The quantitative estimate of drug-likeness (QED) is 0.775. The molecule has 2 fully saturated rings. The van der Waals surface area contributed by atoms with Gasteiger partial charge in [-0.2, -0.15) is 0 Å². The van der Waals surface area contributed by atoms with E-state index in [0.29, 0.717) is 6.54 Å². The number of ether oxygens (including phenoxy) is 1. The van der Waals surface area contributed by atoms with E-state index in [1.165, 1.54) is 18.2 Å². The zero-order chi connectivity index (χ0) is 19.6. The Morgan fingerprint density at radius 3 is 2.86 bits per heavy atom. The Morgan fingerprint density at radius 2 is 2.11 bits per heavy atom. The molecule has 2 aromatic rings. The van der Waals surface area contributed by atoms with Crippen molar-refractivity contribution in [3.05, 3.63) is 66.0 Å². The summed E-state index contributed by atoms with van der Waals surface area (Å²) in [5.41, 5.74) is 1.68. The minimum atomic E-state index is -0.276. The van der Waals surface area contributed by atoms with Crippen molar-refractivity contribution in [3.8, 4) is 0 Å². The molecule has 0 radical (unpaired) electrons. The summed E-state index contributed by atoms with van der Waals surface area (Å²) in [6.07, 6.45) is 1.32. The van der Waals surface area contributed by atoms with Crippen LogP contribution in [-0.2, 0) is 11.3 Å². The van der Waals surface area contributed by atoms with Gasteiger partial charge in [0.05, 0.1) is 11.2 Å². The number of nitrogens with one attached hydrogen (secondary N) is 1. The van der Waals surface area contributed by atoms with Crippen LogP contribution in [-0.4, -0.2) is 35.7 Å². The summed E-state index contributed by atoms with van der Waals surface area (Å²) < 4.78 is 24.8. The summed E-state index contributed by atoms with van der Waals surface area (Å²) in [6, 6.07) is 16.4. The monoisotopic (exact) mass is 401 g/mol. The number of carbonyl (C=O) groups is 1. The molecule has 5 nitrogen and oxygen atoms in total. The predicted octanol–water partition coefficient (Wildman–Crippen LogP) is 4.36. The molecule has 0 bridgehead atoms. The molecule has 1 unspecified atom stereocenters. The van der Waals surface area contributed by atoms with Gasteiger partial charge in [-0.05, 0) is 43.5 Å². The normalized spacial score (nSPS) is 24.6. The highest BCUT2D eigenvalue weighted by Crippen LogP contribution is 2.43. The molecule has 28 heavy (non-hydrogen) atoms. The molecule has 2 aliphatic rings. The van der Waals surface area contributed by atoms with Crippen LogP contribution in [0.25, 0.3) is 0 Å². The van der Waals surface area contributed by atoms with Crippen molar-refractivity contribution in [1.82, 2.24) is 9.62 Å². The number of hydrogen-bond donors (Lipinski definition) is 1. The van der Waals surface area contributed by atoms with Gasteiger partial charge in [-0.25, -0.2) is 13.9 Å². The van der Waals surface area contributed by atoms with Gasteiger partial charge < -0.3 is 9.64 Å². The number of hydrogen-bond acceptors (Lipinski definition) is 5. The van der Waals surface area contributed by atoms with Gasteiger partial charge in [0.25, 0.3) is 0 Å². The third-order valence-electron chi connectivity index (χ3n) is 5.50. The number of nitrogens with zero attached hydrogens (tertiary/aromatic N) is 2. The molecule has 1 spiro atoms. The highest BCUT2D eigenvalue weighted by molar-refractivity contribution is 7.99. The SMILES string of the molecule is C[C@H]1CC2(CCN1C(=O)OCc1ccccc1)CNSN2c1cccc(F)c1. The average Bonchev–Trinajstić information content (AvgIpc) is 3.09. The van der Waals surface area contributed by atoms with Crippen LogP contribution in [0.2, 0.25) is 0 Å². The van der Waals surface area contributed by atoms with Crippen LogP contribution in [0.1, 0.15) is 25.3 Å². The first-order valence-corrected chi connectivity index (χ1v) is 10.3. The van der Waals surface area contributed by atoms with Gasteiger partial charge in [0.1, 0.15) is 12.4 Å². The van der Waals surface area contributed by atoms with E-state index in [1.54, 1.807) is 17.0 Å². The highest BCUT2D eigenvalue weighted by Gasteiger charge is 2.48. The van der Waals surface area contributed by atoms with Crippen molar-refractivity contribution < 1.29 is 13.9 Å². The molecule has 4 rings (SSSR count). The first-order valence-electron chi connectivity index (χ1n) is 9.50. The van der Waals surface area contributed by atoms with Crippen LogP contribution in [0.3, 0.4) is 0 Å². The zero-order valence-corrected chi connectivity index (χ0v) is 16.6. The summed E-state index contributed by atoms with van der Waals surface area (Å²) in [4.78, 5) is 14.4. The van der Waals surface area contributed by atoms with Crippen LogP contribution < -0.4 is 9.03 Å². The number of amides is 1. The Balaban J connectivity index is 1.42. The molecule has 1 N–H and O–H groups in total. The molecule has 148 valence electrons. The van der Waals surface area contributed by atoms with Gasteiger partial charge >= 0.3 is 6.09 Å². The molecular formula is C21H24FN3O2S. The molecular weight excluding hydrogens is 377 g/mol. The average molecular weight is 402 g/mol. The van der Waals surface area contributed by atoms with Gasteiger partial charge in [-0.1, -0.05) is 36.4 Å². The van der Waals surface area contributed by atoms with Gasteiger partial charge in [0, 0.05) is 31.3 Å². The molecule has 2 aliphatic heterocycles. The van der Waals surface area contributed by atoms with E-state index in [0.717, 1.165) is 30.6 Å². The maximum absolute atomic E-state index is 13.7. The second-order valence-electron chi connectivity index (χ2n) is 7.45. The molecule has 2 atom stereocenters. The summed E-state index contributed by atoms with van der Waals surface area (Å²) in [5, 5.41) is 0. The van der Waals surface area contributed by atoms with Crippen LogP contribution in [0.15, 0.2) is 54.6 Å². The van der Waals surface area contributed by atoms with Crippen molar-refractivity contribution in [2.24, 2.45) is 0 Å². The van der Waals surface area contributed by atoms with Crippen molar-refractivity contribution in [2.45, 2.75) is 38.0 Å². The number of carbonyl (C=O) groups excluding carboxylic acids is 1. The van der Waals surface area contributed by atoms with Gasteiger partial charge in [0.2, 0.25) is 0 Å². The Hall–Kier alpha value is -2.25. The van der Waals surface area contributed by atoms with Crippen LogP contribution in [0.5, 0.6) is 0 Å². The van der Waals surface area contributed by atoms with Crippen molar-refractivity contribution in [2.75, 3.05) is 17.4 Å². The largest absolute Gasteiger partial charge is 0.445 e. The Labute approximate surface area is 169 Å². The van der Waals surface area contributed by atoms with E-state index >= 15 is 0 Å². The lowest BCUT2D eigenvalue weighted by molar-refractivity contribution is 0.0589. The Bertz CT molecular complexity index is 837. The fourth-order valence-corrected chi connectivity index (χ4v) is 5.16. The van der Waals surface area contributed by atoms with E-state index in [9.17, 15) is 9.18 Å². The Morgan fingerprint density at radius 1 is 1.29 bits per heavy atom. The second-order valence-corrected chi connectivity index (χ2v) is 8.28. The standard InChI is InChI=1S/C21H24FN3O2S/c1-16-13-21(15-23-28-25(21)19-9-5-8-18(22)12-19)10-11-24(16)20(26)27-14-17-6-3-2-4-7-17/h2-9,12,16,23H,10-11,13-15H2,1H3/t16-,21?/m0/s1. The van der Waals surface area contributed by atoms with Crippen molar-refractivity contribution in [1.29, 1.82) is 0 Å². The highest BCUT2D eigenvalue weighted by atomic mass is 32.2. The summed E-state index contributed by atoms with van der Waals surface area (Å²) in [6.45, 7) is 3.74. The first-order chi connectivity index (χ1) is 13.6. The maximum Gasteiger partial charge on any atom is 0.410 e. The second kappa shape index (κ2) is 8.01. The van der Waals surface area contributed by atoms with Gasteiger partial charge in [-0.3, -0.25) is 4.31 Å².